The van der Waals surface area contributed by atoms with Crippen molar-refractivity contribution in [3.63, 3.8) is 0 Å². The van der Waals surface area contributed by atoms with Gasteiger partial charge in [0.25, 0.3) is 6.43 Å². The van der Waals surface area contributed by atoms with Crippen molar-refractivity contribution in [3.8, 4) is 0 Å². The molecule has 0 bridgehead atoms. The van der Waals surface area contributed by atoms with Crippen LogP contribution in [-0.2, 0) is 0 Å². The average molecular weight is 164 g/mol. The normalized spacial score (nSPS) is 31.6. The summed E-state index contributed by atoms with van der Waals surface area (Å²) >= 11 is 0. The van der Waals surface area contributed by atoms with E-state index >= 15 is 0 Å². The summed E-state index contributed by atoms with van der Waals surface area (Å²) in [5.41, 5.74) is 5.60. The first kappa shape index (κ1) is 8.87. The molecule has 0 radical (unpaired) electrons. The number of hydrogen-bond donors (Lipinski definition) is 2. The monoisotopic (exact) mass is 164 g/mol. The molecule has 3 N–H and O–H groups in total. The van der Waals surface area contributed by atoms with E-state index in [1.165, 1.54) is 0 Å². The van der Waals surface area contributed by atoms with Crippen LogP contribution in [0, 0.1) is 0 Å². The molecule has 0 heterocycles. The van der Waals surface area contributed by atoms with Gasteiger partial charge in [-0.2, -0.15) is 0 Å². The topological polar surface area (TPSA) is 38.0 Å². The lowest BCUT2D eigenvalue weighted by atomic mass is 10.2. The van der Waals surface area contributed by atoms with Gasteiger partial charge in [-0.1, -0.05) is 0 Å². The molecule has 0 aromatic heterocycles. The molecule has 0 spiro atoms. The van der Waals surface area contributed by atoms with E-state index in [-0.39, 0.29) is 18.6 Å². The minimum Gasteiger partial charge on any atom is -0.328 e. The van der Waals surface area contributed by atoms with Crippen molar-refractivity contribution in [2.75, 3.05) is 6.54 Å². The number of nitrogens with two attached hydrogens (primary N) is 1. The van der Waals surface area contributed by atoms with Gasteiger partial charge >= 0.3 is 0 Å². The molecular weight excluding hydrogens is 150 g/mol. The van der Waals surface area contributed by atoms with Crippen LogP contribution < -0.4 is 11.1 Å². The van der Waals surface area contributed by atoms with E-state index in [0.29, 0.717) is 0 Å². The van der Waals surface area contributed by atoms with Crippen LogP contribution in [-0.4, -0.2) is 25.1 Å². The molecule has 1 rings (SSSR count). The Kier molecular flexibility index (Phi) is 3.20. The van der Waals surface area contributed by atoms with Crippen molar-refractivity contribution in [2.24, 2.45) is 5.73 Å². The van der Waals surface area contributed by atoms with Crippen LogP contribution in [0.3, 0.4) is 0 Å². The second-order valence-electron chi connectivity index (χ2n) is 3.07. The molecule has 0 aromatic rings. The van der Waals surface area contributed by atoms with E-state index in [1.807, 2.05) is 0 Å². The Labute approximate surface area is 65.1 Å². The lowest BCUT2D eigenvalue weighted by Crippen LogP contribution is -2.32. The highest BCUT2D eigenvalue weighted by molar-refractivity contribution is 4.82. The van der Waals surface area contributed by atoms with Gasteiger partial charge in [0.05, 0.1) is 6.54 Å². The molecule has 2 unspecified atom stereocenters. The molecule has 0 saturated heterocycles. The molecule has 1 fully saturated rings. The van der Waals surface area contributed by atoms with E-state index in [9.17, 15) is 8.78 Å². The summed E-state index contributed by atoms with van der Waals surface area (Å²) in [6.45, 7) is -0.197. The highest BCUT2D eigenvalue weighted by atomic mass is 19.3. The zero-order valence-electron chi connectivity index (χ0n) is 6.39. The van der Waals surface area contributed by atoms with E-state index < -0.39 is 6.43 Å². The number of alkyl halides is 2. The molecule has 1 aliphatic carbocycles. The first-order valence-electron chi connectivity index (χ1n) is 3.95. The third kappa shape index (κ3) is 3.12. The van der Waals surface area contributed by atoms with Gasteiger partial charge in [-0.15, -0.1) is 0 Å². The summed E-state index contributed by atoms with van der Waals surface area (Å²) in [6.07, 6.45) is 0.494. The summed E-state index contributed by atoms with van der Waals surface area (Å²) in [7, 11) is 0. The minimum atomic E-state index is -2.24. The smallest absolute Gasteiger partial charge is 0.250 e. The van der Waals surface area contributed by atoms with Crippen molar-refractivity contribution < 1.29 is 8.78 Å². The van der Waals surface area contributed by atoms with Crippen LogP contribution in [0.5, 0.6) is 0 Å². The van der Waals surface area contributed by atoms with Gasteiger partial charge in [0.15, 0.2) is 0 Å². The summed E-state index contributed by atoms with van der Waals surface area (Å²) in [5, 5.41) is 2.78. The predicted molar refractivity (Wildman–Crippen MR) is 39.6 cm³/mol. The number of rotatable bonds is 3. The first-order chi connectivity index (χ1) is 5.18. The van der Waals surface area contributed by atoms with Gasteiger partial charge in [-0.05, 0) is 19.3 Å². The standard InChI is InChI=1S/C7H14F2N2/c8-7(9)4-11-6-2-1-5(10)3-6/h5-7,11H,1-4,10H2. The molecule has 66 valence electrons. The molecule has 1 aliphatic rings. The van der Waals surface area contributed by atoms with Gasteiger partial charge in [0.2, 0.25) is 0 Å². The van der Waals surface area contributed by atoms with Crippen molar-refractivity contribution in [3.05, 3.63) is 0 Å². The van der Waals surface area contributed by atoms with Gasteiger partial charge in [-0.3, -0.25) is 0 Å². The SMILES string of the molecule is NC1CCC(NCC(F)F)C1. The zero-order chi connectivity index (χ0) is 8.27. The fraction of sp³-hybridized carbons (Fsp3) is 1.00. The van der Waals surface area contributed by atoms with Gasteiger partial charge in [-0.25, -0.2) is 8.78 Å². The largest absolute Gasteiger partial charge is 0.328 e. The average Bonchev–Trinajstić information content (AvgIpc) is 2.31. The Morgan fingerprint density at radius 1 is 1.45 bits per heavy atom. The zero-order valence-corrected chi connectivity index (χ0v) is 6.39. The number of halogens is 2. The second-order valence-corrected chi connectivity index (χ2v) is 3.07. The molecule has 2 nitrogen and oxygen atoms in total. The van der Waals surface area contributed by atoms with Crippen LogP contribution in [0.25, 0.3) is 0 Å². The molecular formula is C7H14F2N2. The number of hydrogen-bond acceptors (Lipinski definition) is 2. The third-order valence-corrected chi connectivity index (χ3v) is 2.03. The Balaban J connectivity index is 2.08. The molecule has 1 saturated carbocycles. The van der Waals surface area contributed by atoms with Crippen LogP contribution in [0.15, 0.2) is 0 Å². The second kappa shape index (κ2) is 3.97. The van der Waals surface area contributed by atoms with Crippen molar-refractivity contribution >= 4 is 0 Å². The predicted octanol–water partition coefficient (Wildman–Crippen LogP) is 0.721. The Hall–Kier alpha value is -0.220. The van der Waals surface area contributed by atoms with Crippen LogP contribution in [0.1, 0.15) is 19.3 Å². The third-order valence-electron chi connectivity index (χ3n) is 2.03. The summed E-state index contributed by atoms with van der Waals surface area (Å²) in [6, 6.07) is 0.434. The Morgan fingerprint density at radius 3 is 2.64 bits per heavy atom. The minimum absolute atomic E-state index is 0.197. The van der Waals surface area contributed by atoms with Crippen molar-refractivity contribution in [2.45, 2.75) is 37.8 Å². The van der Waals surface area contributed by atoms with E-state index in [1.54, 1.807) is 0 Å². The van der Waals surface area contributed by atoms with Crippen LogP contribution in [0.4, 0.5) is 8.78 Å². The van der Waals surface area contributed by atoms with Crippen LogP contribution in [0.2, 0.25) is 0 Å². The number of nitrogens with one attached hydrogen (secondary N) is 1. The summed E-state index contributed by atoms with van der Waals surface area (Å²) in [4.78, 5) is 0. The van der Waals surface area contributed by atoms with Gasteiger partial charge in [0.1, 0.15) is 0 Å². The maximum Gasteiger partial charge on any atom is 0.250 e. The van der Waals surface area contributed by atoms with E-state index in [4.69, 9.17) is 5.73 Å². The fourth-order valence-electron chi connectivity index (χ4n) is 1.46. The van der Waals surface area contributed by atoms with Crippen LogP contribution >= 0.6 is 0 Å². The van der Waals surface area contributed by atoms with Crippen molar-refractivity contribution in [1.82, 2.24) is 5.32 Å². The highest BCUT2D eigenvalue weighted by Crippen LogP contribution is 2.16. The first-order valence-corrected chi connectivity index (χ1v) is 3.95. The molecule has 4 heteroatoms. The van der Waals surface area contributed by atoms with E-state index in [0.717, 1.165) is 19.3 Å². The summed E-state index contributed by atoms with van der Waals surface area (Å²) < 4.78 is 23.4. The lowest BCUT2D eigenvalue weighted by molar-refractivity contribution is 0.141. The maximum atomic E-state index is 11.7. The van der Waals surface area contributed by atoms with Crippen molar-refractivity contribution in [1.29, 1.82) is 0 Å². The lowest BCUT2D eigenvalue weighted by Gasteiger charge is -2.10. The fourth-order valence-corrected chi connectivity index (χ4v) is 1.46. The highest BCUT2D eigenvalue weighted by Gasteiger charge is 2.21. The van der Waals surface area contributed by atoms with Gasteiger partial charge < -0.3 is 11.1 Å². The molecule has 0 aromatic carbocycles. The summed E-state index contributed by atoms with van der Waals surface area (Å²) in [5.74, 6) is 0. The van der Waals surface area contributed by atoms with E-state index in [2.05, 4.69) is 5.32 Å². The molecule has 11 heavy (non-hydrogen) atoms. The Morgan fingerprint density at radius 2 is 2.18 bits per heavy atom. The quantitative estimate of drug-likeness (QED) is 0.645. The molecule has 2 atom stereocenters. The molecule has 0 aliphatic heterocycles. The maximum absolute atomic E-state index is 11.7. The Bertz CT molecular complexity index is 119. The van der Waals surface area contributed by atoms with Gasteiger partial charge in [0, 0.05) is 12.1 Å². The molecule has 0 amide bonds.